The number of carbonyl (C=O) groups excluding carboxylic acids is 1. The van der Waals surface area contributed by atoms with Gasteiger partial charge in [0.15, 0.2) is 0 Å². The van der Waals surface area contributed by atoms with Crippen molar-refractivity contribution in [2.45, 2.75) is 13.5 Å². The van der Waals surface area contributed by atoms with Gasteiger partial charge in [-0.1, -0.05) is 17.7 Å². The van der Waals surface area contributed by atoms with Gasteiger partial charge >= 0.3 is 0 Å². The summed E-state index contributed by atoms with van der Waals surface area (Å²) in [7, 11) is 1.71. The van der Waals surface area contributed by atoms with E-state index in [0.717, 1.165) is 16.8 Å². The smallest absolute Gasteiger partial charge is 0.255 e. The lowest BCUT2D eigenvalue weighted by molar-refractivity contribution is 0.0784. The van der Waals surface area contributed by atoms with Crippen molar-refractivity contribution in [3.63, 3.8) is 0 Å². The normalized spacial score (nSPS) is 11.0. The number of carbonyl (C=O) groups is 1. The molecule has 0 saturated heterocycles. The number of nitrogens with zero attached hydrogens (tertiary/aromatic N) is 3. The molecule has 118 valence electrons. The Morgan fingerprint density at radius 3 is 2.87 bits per heavy atom. The molecule has 3 rings (SSSR count). The molecule has 0 aliphatic heterocycles. The number of fused-ring (bicyclic) bond motifs is 1. The van der Waals surface area contributed by atoms with E-state index in [9.17, 15) is 9.18 Å². The number of hydrogen-bond donors (Lipinski definition) is 0. The van der Waals surface area contributed by atoms with Crippen molar-refractivity contribution in [1.82, 2.24) is 14.3 Å². The quantitative estimate of drug-likeness (QED) is 0.733. The molecule has 1 aromatic carbocycles. The van der Waals surface area contributed by atoms with Gasteiger partial charge in [0, 0.05) is 19.3 Å². The van der Waals surface area contributed by atoms with E-state index >= 15 is 0 Å². The molecule has 0 N–H and O–H groups in total. The van der Waals surface area contributed by atoms with Crippen LogP contribution in [0.1, 0.15) is 21.6 Å². The molecule has 0 atom stereocenters. The maximum absolute atomic E-state index is 13.2. The highest BCUT2D eigenvalue weighted by molar-refractivity contribution is 6.30. The minimum absolute atomic E-state index is 0.0550. The van der Waals surface area contributed by atoms with E-state index in [-0.39, 0.29) is 10.9 Å². The third kappa shape index (κ3) is 2.92. The number of aromatic nitrogens is 2. The van der Waals surface area contributed by atoms with Gasteiger partial charge in [0.2, 0.25) is 0 Å². The van der Waals surface area contributed by atoms with E-state index in [1.54, 1.807) is 36.6 Å². The molecule has 0 fully saturated rings. The summed E-state index contributed by atoms with van der Waals surface area (Å²) in [5.41, 5.74) is 3.14. The Bertz CT molecular complexity index is 891. The van der Waals surface area contributed by atoms with E-state index in [0.29, 0.717) is 12.1 Å². The summed E-state index contributed by atoms with van der Waals surface area (Å²) >= 11 is 5.78. The minimum Gasteiger partial charge on any atom is -0.337 e. The van der Waals surface area contributed by atoms with Gasteiger partial charge < -0.3 is 9.30 Å². The van der Waals surface area contributed by atoms with Crippen molar-refractivity contribution in [1.29, 1.82) is 0 Å². The summed E-state index contributed by atoms with van der Waals surface area (Å²) in [5, 5.41) is 0.0550. The Labute approximate surface area is 138 Å². The van der Waals surface area contributed by atoms with Crippen molar-refractivity contribution in [3.8, 4) is 0 Å². The average Bonchev–Trinajstić information content (AvgIpc) is 3.00. The average molecular weight is 332 g/mol. The zero-order valence-corrected chi connectivity index (χ0v) is 13.5. The topological polar surface area (TPSA) is 37.6 Å². The highest BCUT2D eigenvalue weighted by Gasteiger charge is 2.16. The standard InChI is InChI=1S/C17H15ClFN3O/c1-11-14(5-4-13-8-20-10-22(11)13)17(23)21(2)9-12-3-6-16(19)15(18)7-12/h3-8,10H,9H2,1-2H3. The third-order valence-corrected chi connectivity index (χ3v) is 4.11. The molecule has 2 heterocycles. The van der Waals surface area contributed by atoms with Crippen LogP contribution in [-0.2, 0) is 6.54 Å². The highest BCUT2D eigenvalue weighted by Crippen LogP contribution is 2.19. The van der Waals surface area contributed by atoms with Crippen LogP contribution in [0.3, 0.4) is 0 Å². The predicted octanol–water partition coefficient (Wildman–Crippen LogP) is 3.71. The molecule has 3 aromatic rings. The SMILES string of the molecule is Cc1c(C(=O)N(C)Cc2ccc(F)c(Cl)c2)ccc2cncn12. The van der Waals surface area contributed by atoms with Crippen LogP contribution in [0.4, 0.5) is 4.39 Å². The Morgan fingerprint density at radius 1 is 1.35 bits per heavy atom. The Hall–Kier alpha value is -2.40. The molecule has 23 heavy (non-hydrogen) atoms. The van der Waals surface area contributed by atoms with Gasteiger partial charge in [-0.05, 0) is 36.8 Å². The van der Waals surface area contributed by atoms with E-state index in [1.807, 2.05) is 17.4 Å². The molecular weight excluding hydrogens is 317 g/mol. The fraction of sp³-hybridized carbons (Fsp3) is 0.176. The molecule has 1 amide bonds. The molecular formula is C17H15ClFN3O. The monoisotopic (exact) mass is 331 g/mol. The predicted molar refractivity (Wildman–Crippen MR) is 87.1 cm³/mol. The summed E-state index contributed by atoms with van der Waals surface area (Å²) in [5.74, 6) is -0.579. The molecule has 6 heteroatoms. The Morgan fingerprint density at radius 2 is 2.13 bits per heavy atom. The molecule has 0 spiro atoms. The summed E-state index contributed by atoms with van der Waals surface area (Å²) < 4.78 is 15.1. The molecule has 0 unspecified atom stereocenters. The van der Waals surface area contributed by atoms with E-state index < -0.39 is 5.82 Å². The van der Waals surface area contributed by atoms with Crippen LogP contribution in [0.2, 0.25) is 5.02 Å². The van der Waals surface area contributed by atoms with E-state index in [4.69, 9.17) is 11.6 Å². The van der Waals surface area contributed by atoms with Crippen LogP contribution < -0.4 is 0 Å². The maximum Gasteiger partial charge on any atom is 0.255 e. The van der Waals surface area contributed by atoms with Crippen molar-refractivity contribution >= 4 is 23.0 Å². The van der Waals surface area contributed by atoms with Gasteiger partial charge in [-0.15, -0.1) is 0 Å². The lowest BCUT2D eigenvalue weighted by atomic mass is 10.1. The second kappa shape index (κ2) is 6.01. The van der Waals surface area contributed by atoms with Crippen LogP contribution in [-0.4, -0.2) is 27.2 Å². The highest BCUT2D eigenvalue weighted by atomic mass is 35.5. The fourth-order valence-electron chi connectivity index (χ4n) is 2.54. The molecule has 0 radical (unpaired) electrons. The largest absolute Gasteiger partial charge is 0.337 e. The molecule has 2 aromatic heterocycles. The van der Waals surface area contributed by atoms with Crippen molar-refractivity contribution < 1.29 is 9.18 Å². The number of amides is 1. The summed E-state index contributed by atoms with van der Waals surface area (Å²) in [6.07, 6.45) is 3.42. The number of pyridine rings is 1. The number of benzene rings is 1. The van der Waals surface area contributed by atoms with Crippen molar-refractivity contribution in [3.05, 3.63) is 70.5 Å². The first-order valence-electron chi connectivity index (χ1n) is 7.08. The minimum atomic E-state index is -0.467. The third-order valence-electron chi connectivity index (χ3n) is 3.82. The van der Waals surface area contributed by atoms with Gasteiger partial charge in [0.1, 0.15) is 5.82 Å². The summed E-state index contributed by atoms with van der Waals surface area (Å²) in [6, 6.07) is 8.11. The van der Waals surface area contributed by atoms with Gasteiger partial charge in [0.25, 0.3) is 5.91 Å². The van der Waals surface area contributed by atoms with Crippen LogP contribution in [0.25, 0.3) is 5.52 Å². The lowest BCUT2D eigenvalue weighted by Gasteiger charge is -2.19. The number of aryl methyl sites for hydroxylation is 1. The number of imidazole rings is 1. The number of hydrogen-bond acceptors (Lipinski definition) is 2. The molecule has 4 nitrogen and oxygen atoms in total. The van der Waals surface area contributed by atoms with Crippen molar-refractivity contribution in [2.24, 2.45) is 0 Å². The van der Waals surface area contributed by atoms with Crippen LogP contribution in [0, 0.1) is 12.7 Å². The van der Waals surface area contributed by atoms with Gasteiger partial charge in [0.05, 0.1) is 28.6 Å². The van der Waals surface area contributed by atoms with Gasteiger partial charge in [-0.25, -0.2) is 9.37 Å². The van der Waals surface area contributed by atoms with Crippen LogP contribution in [0.5, 0.6) is 0 Å². The first-order chi connectivity index (χ1) is 11.0. The molecule has 0 bridgehead atoms. The van der Waals surface area contributed by atoms with E-state index in [1.165, 1.54) is 12.1 Å². The van der Waals surface area contributed by atoms with Gasteiger partial charge in [-0.2, -0.15) is 0 Å². The number of halogens is 2. The van der Waals surface area contributed by atoms with Crippen molar-refractivity contribution in [2.75, 3.05) is 7.05 Å². The second-order valence-electron chi connectivity index (χ2n) is 5.43. The van der Waals surface area contributed by atoms with E-state index in [2.05, 4.69) is 4.98 Å². The lowest BCUT2D eigenvalue weighted by Crippen LogP contribution is -2.27. The Balaban J connectivity index is 1.85. The maximum atomic E-state index is 13.2. The number of rotatable bonds is 3. The fourth-order valence-corrected chi connectivity index (χ4v) is 2.75. The summed E-state index contributed by atoms with van der Waals surface area (Å²) in [6.45, 7) is 2.23. The van der Waals surface area contributed by atoms with Crippen LogP contribution in [0.15, 0.2) is 42.9 Å². The second-order valence-corrected chi connectivity index (χ2v) is 5.84. The van der Waals surface area contributed by atoms with Gasteiger partial charge in [-0.3, -0.25) is 4.79 Å². The summed E-state index contributed by atoms with van der Waals surface area (Å²) in [4.78, 5) is 18.3. The molecule has 0 aliphatic rings. The Kier molecular flexibility index (Phi) is 4.05. The molecule has 0 aliphatic carbocycles. The zero-order chi connectivity index (χ0) is 16.6. The first kappa shape index (κ1) is 15.5. The first-order valence-corrected chi connectivity index (χ1v) is 7.46. The molecule has 0 saturated carbocycles. The zero-order valence-electron chi connectivity index (χ0n) is 12.8. The van der Waals surface area contributed by atoms with Crippen LogP contribution >= 0.6 is 11.6 Å².